The maximum Gasteiger partial charge on any atom is 0.442 e. The van der Waals surface area contributed by atoms with E-state index in [-0.39, 0.29) is 6.61 Å². The zero-order valence-electron chi connectivity index (χ0n) is 15.5. The van der Waals surface area contributed by atoms with E-state index in [4.69, 9.17) is 4.74 Å². The Morgan fingerprint density at radius 3 is 2.36 bits per heavy atom. The molecule has 28 heavy (non-hydrogen) atoms. The summed E-state index contributed by atoms with van der Waals surface area (Å²) >= 11 is 0. The quantitative estimate of drug-likeness (QED) is 0.455. The molecule has 0 bridgehead atoms. The molecule has 0 heterocycles. The van der Waals surface area contributed by atoms with Gasteiger partial charge in [-0.3, -0.25) is 4.79 Å². The van der Waals surface area contributed by atoms with Gasteiger partial charge in [0.05, 0.1) is 5.92 Å². The van der Waals surface area contributed by atoms with Gasteiger partial charge in [-0.25, -0.2) is 4.39 Å². The summed E-state index contributed by atoms with van der Waals surface area (Å²) in [6, 6.07) is 17.2. The van der Waals surface area contributed by atoms with Crippen LogP contribution in [0.1, 0.15) is 19.4 Å². The minimum absolute atomic E-state index is 0.00424. The number of rotatable bonds is 5. The van der Waals surface area contributed by atoms with Crippen LogP contribution in [0.4, 0.5) is 17.6 Å². The number of esters is 1. The lowest BCUT2D eigenvalue weighted by Gasteiger charge is -2.08. The molecule has 0 aromatic heterocycles. The van der Waals surface area contributed by atoms with Crippen LogP contribution in [-0.4, -0.2) is 12.1 Å². The number of benzene rings is 2. The van der Waals surface area contributed by atoms with Gasteiger partial charge in [0, 0.05) is 0 Å². The lowest BCUT2D eigenvalue weighted by molar-refractivity contribution is -0.147. The van der Waals surface area contributed by atoms with E-state index >= 15 is 0 Å². The Hall–Kier alpha value is -2.63. The number of hydrogen-bond donors (Lipinski definition) is 0. The Morgan fingerprint density at radius 1 is 1.07 bits per heavy atom. The molecule has 1 fully saturated rings. The number of carbonyl (C=O) groups excluding carboxylic acids is 1. The monoisotopic (exact) mass is 392 g/mol. The number of alkyl halides is 3. The molecule has 0 unspecified atom stereocenters. The lowest BCUT2D eigenvalue weighted by Crippen LogP contribution is -2.11. The van der Waals surface area contributed by atoms with Crippen molar-refractivity contribution in [3.8, 4) is 11.1 Å². The highest BCUT2D eigenvalue weighted by molar-refractivity contribution is 5.78. The second-order valence-electron chi connectivity index (χ2n) is 7.51. The van der Waals surface area contributed by atoms with Crippen molar-refractivity contribution in [3.63, 3.8) is 0 Å². The summed E-state index contributed by atoms with van der Waals surface area (Å²) in [7, 11) is 0. The molecular weight excluding hydrogens is 372 g/mol. The zero-order valence-corrected chi connectivity index (χ0v) is 15.5. The minimum atomic E-state index is -5.04. The highest BCUT2D eigenvalue weighted by Gasteiger charge is 2.62. The average Bonchev–Trinajstić information content (AvgIpc) is 3.20. The molecular formula is C22H20F4O2. The van der Waals surface area contributed by atoms with E-state index in [1.165, 1.54) is 0 Å². The van der Waals surface area contributed by atoms with Crippen molar-refractivity contribution in [2.24, 2.45) is 17.3 Å². The molecule has 0 radical (unpaired) electrons. The largest absolute Gasteiger partial charge is 0.461 e. The highest BCUT2D eigenvalue weighted by Crippen LogP contribution is 2.60. The zero-order chi connectivity index (χ0) is 20.5. The fourth-order valence-corrected chi connectivity index (χ4v) is 3.41. The van der Waals surface area contributed by atoms with Crippen LogP contribution in [0.3, 0.4) is 0 Å². The van der Waals surface area contributed by atoms with Crippen LogP contribution in [0.2, 0.25) is 0 Å². The lowest BCUT2D eigenvalue weighted by atomic mass is 10.0. The van der Waals surface area contributed by atoms with Crippen molar-refractivity contribution in [1.82, 2.24) is 0 Å². The summed E-state index contributed by atoms with van der Waals surface area (Å²) in [6.07, 6.45) is -4.55. The summed E-state index contributed by atoms with van der Waals surface area (Å²) in [6.45, 7) is 3.25. The molecule has 2 nitrogen and oxygen atoms in total. The summed E-state index contributed by atoms with van der Waals surface area (Å²) in [5, 5.41) is 0. The van der Waals surface area contributed by atoms with Gasteiger partial charge < -0.3 is 4.74 Å². The summed E-state index contributed by atoms with van der Waals surface area (Å²) in [4.78, 5) is 12.3. The van der Waals surface area contributed by atoms with Crippen molar-refractivity contribution in [1.29, 1.82) is 0 Å². The Bertz CT molecular complexity index is 885. The first-order chi connectivity index (χ1) is 13.1. The number of ether oxygens (including phenoxy) is 1. The number of hydrogen-bond acceptors (Lipinski definition) is 2. The Kier molecular flexibility index (Phi) is 5.33. The van der Waals surface area contributed by atoms with Crippen LogP contribution in [0.5, 0.6) is 0 Å². The average molecular weight is 392 g/mol. The van der Waals surface area contributed by atoms with Crippen molar-refractivity contribution in [2.75, 3.05) is 0 Å². The molecule has 3 rings (SSSR count). The number of carbonyl (C=O) groups is 1. The third-order valence-corrected chi connectivity index (χ3v) is 5.18. The molecule has 0 saturated heterocycles. The van der Waals surface area contributed by atoms with E-state index in [2.05, 4.69) is 0 Å². The molecule has 0 aliphatic heterocycles. The predicted molar refractivity (Wildman–Crippen MR) is 97.7 cm³/mol. The van der Waals surface area contributed by atoms with E-state index in [0.717, 1.165) is 16.7 Å². The van der Waals surface area contributed by atoms with Gasteiger partial charge >= 0.3 is 12.1 Å². The molecule has 2 aromatic rings. The molecule has 0 spiro atoms. The van der Waals surface area contributed by atoms with Crippen molar-refractivity contribution in [3.05, 3.63) is 72.1 Å². The molecule has 6 heteroatoms. The number of allylic oxidation sites excluding steroid dienone is 2. The van der Waals surface area contributed by atoms with E-state index in [0.29, 0.717) is 6.08 Å². The molecule has 0 amide bonds. The maximum absolute atomic E-state index is 13.2. The third kappa shape index (κ3) is 4.26. The second-order valence-corrected chi connectivity index (χ2v) is 7.51. The second kappa shape index (κ2) is 7.41. The third-order valence-electron chi connectivity index (χ3n) is 5.18. The molecule has 1 aliphatic carbocycles. The first kappa shape index (κ1) is 20.1. The first-order valence-corrected chi connectivity index (χ1v) is 8.86. The van der Waals surface area contributed by atoms with Crippen LogP contribution in [0, 0.1) is 17.3 Å². The van der Waals surface area contributed by atoms with Gasteiger partial charge in [-0.1, -0.05) is 62.4 Å². The number of halogens is 4. The highest BCUT2D eigenvalue weighted by atomic mass is 19.4. The van der Waals surface area contributed by atoms with Crippen LogP contribution in [0.25, 0.3) is 11.1 Å². The molecule has 2 atom stereocenters. The fourth-order valence-electron chi connectivity index (χ4n) is 3.41. The molecule has 1 saturated carbocycles. The molecule has 1 aliphatic rings. The Labute approximate surface area is 160 Å². The van der Waals surface area contributed by atoms with Gasteiger partial charge in [0.2, 0.25) is 0 Å². The molecule has 0 N–H and O–H groups in total. The summed E-state index contributed by atoms with van der Waals surface area (Å²) < 4.78 is 55.7. The van der Waals surface area contributed by atoms with Crippen LogP contribution >= 0.6 is 0 Å². The van der Waals surface area contributed by atoms with E-state index in [9.17, 15) is 22.4 Å². The van der Waals surface area contributed by atoms with Crippen molar-refractivity contribution in [2.45, 2.75) is 26.6 Å². The van der Waals surface area contributed by atoms with E-state index in [1.807, 2.05) is 48.5 Å². The minimum Gasteiger partial charge on any atom is -0.461 e. The topological polar surface area (TPSA) is 26.3 Å². The Balaban J connectivity index is 1.65. The summed E-state index contributed by atoms with van der Waals surface area (Å²) in [5.41, 5.74) is 1.98. The normalized spacial score (nSPS) is 21.3. The predicted octanol–water partition coefficient (Wildman–Crippen LogP) is 6.08. The smallest absolute Gasteiger partial charge is 0.442 e. The molecule has 2 aromatic carbocycles. The first-order valence-electron chi connectivity index (χ1n) is 8.86. The van der Waals surface area contributed by atoms with E-state index < -0.39 is 35.2 Å². The van der Waals surface area contributed by atoms with Gasteiger partial charge in [-0.05, 0) is 40.2 Å². The standard InChI is InChI=1S/C22H20F4O2/c1-21(2)17(12-18(23)22(24,25)26)19(21)20(27)28-13-14-7-6-10-16(11-14)15-8-4-3-5-9-15/h3-12,17,19H,13H2,1-2H3/t17-,19+/m1/s1. The van der Waals surface area contributed by atoms with Gasteiger partial charge in [0.15, 0.2) is 5.83 Å². The van der Waals surface area contributed by atoms with Crippen LogP contribution in [-0.2, 0) is 16.1 Å². The van der Waals surface area contributed by atoms with Crippen molar-refractivity contribution >= 4 is 5.97 Å². The van der Waals surface area contributed by atoms with Gasteiger partial charge in [0.25, 0.3) is 0 Å². The van der Waals surface area contributed by atoms with Crippen LogP contribution in [0.15, 0.2) is 66.5 Å². The fraction of sp³-hybridized carbons (Fsp3) is 0.318. The van der Waals surface area contributed by atoms with E-state index in [1.54, 1.807) is 19.9 Å². The maximum atomic E-state index is 13.2. The molecule has 148 valence electrons. The van der Waals surface area contributed by atoms with Crippen molar-refractivity contribution < 1.29 is 27.1 Å². The van der Waals surface area contributed by atoms with Gasteiger partial charge in [-0.15, -0.1) is 0 Å². The van der Waals surface area contributed by atoms with Gasteiger partial charge in [0.1, 0.15) is 6.61 Å². The SMILES string of the molecule is CC1(C)[C@H](C=C(F)C(F)(F)F)[C@H]1C(=O)OCc1cccc(-c2ccccc2)c1. The van der Waals surface area contributed by atoms with Gasteiger partial charge in [-0.2, -0.15) is 13.2 Å². The summed E-state index contributed by atoms with van der Waals surface area (Å²) in [5.74, 6) is -4.42. The Morgan fingerprint density at radius 2 is 1.71 bits per heavy atom. The van der Waals surface area contributed by atoms with Crippen LogP contribution < -0.4 is 0 Å².